The number of hydrogen-bond acceptors (Lipinski definition) is 4. The van der Waals surface area contributed by atoms with Crippen LogP contribution in [0.15, 0.2) is 49.1 Å². The Morgan fingerprint density at radius 1 is 1.22 bits per heavy atom. The Hall–Kier alpha value is -2.27. The summed E-state index contributed by atoms with van der Waals surface area (Å²) >= 11 is 0. The molecule has 1 heterocycles. The van der Waals surface area contributed by atoms with Gasteiger partial charge < -0.3 is 11.1 Å². The summed E-state index contributed by atoms with van der Waals surface area (Å²) in [5.41, 5.74) is 7.09. The monoisotopic (exact) mass is 242 g/mol. The van der Waals surface area contributed by atoms with Crippen molar-refractivity contribution in [1.29, 1.82) is 0 Å². The van der Waals surface area contributed by atoms with Crippen molar-refractivity contribution in [2.75, 3.05) is 6.54 Å². The Kier molecular flexibility index (Phi) is 3.98. The molecular weight excluding hydrogens is 228 g/mol. The van der Waals surface area contributed by atoms with E-state index in [2.05, 4.69) is 15.3 Å². The molecule has 1 aromatic heterocycles. The molecular formula is C13H14N4O. The second-order valence-corrected chi connectivity index (χ2v) is 3.80. The Bertz CT molecular complexity index is 501. The molecule has 0 fully saturated rings. The van der Waals surface area contributed by atoms with Crippen LogP contribution in [0, 0.1) is 0 Å². The Morgan fingerprint density at radius 3 is 2.50 bits per heavy atom. The zero-order valence-electron chi connectivity index (χ0n) is 9.78. The van der Waals surface area contributed by atoms with Gasteiger partial charge in [-0.05, 0) is 5.56 Å². The van der Waals surface area contributed by atoms with Gasteiger partial charge >= 0.3 is 0 Å². The summed E-state index contributed by atoms with van der Waals surface area (Å²) in [6, 6.07) is 9.40. The van der Waals surface area contributed by atoms with Crippen LogP contribution >= 0.6 is 0 Å². The molecule has 1 unspecified atom stereocenters. The van der Waals surface area contributed by atoms with Gasteiger partial charge in [-0.25, -0.2) is 9.97 Å². The zero-order chi connectivity index (χ0) is 12.8. The summed E-state index contributed by atoms with van der Waals surface area (Å²) in [4.78, 5) is 19.6. The topological polar surface area (TPSA) is 80.9 Å². The molecule has 2 aromatic rings. The number of amides is 1. The Labute approximate surface area is 105 Å². The molecule has 92 valence electrons. The average molecular weight is 242 g/mol. The van der Waals surface area contributed by atoms with E-state index in [9.17, 15) is 4.79 Å². The highest BCUT2D eigenvalue weighted by molar-refractivity contribution is 5.93. The largest absolute Gasteiger partial charge is 0.344 e. The van der Waals surface area contributed by atoms with Gasteiger partial charge in [-0.15, -0.1) is 0 Å². The molecule has 0 bridgehead atoms. The molecule has 1 atom stereocenters. The molecule has 0 aliphatic rings. The number of rotatable bonds is 4. The van der Waals surface area contributed by atoms with Crippen molar-refractivity contribution in [1.82, 2.24) is 15.3 Å². The summed E-state index contributed by atoms with van der Waals surface area (Å²) in [7, 11) is 0. The third-order valence-corrected chi connectivity index (χ3v) is 2.57. The fourth-order valence-corrected chi connectivity index (χ4v) is 1.62. The van der Waals surface area contributed by atoms with E-state index >= 15 is 0 Å². The summed E-state index contributed by atoms with van der Waals surface area (Å²) < 4.78 is 0. The van der Waals surface area contributed by atoms with Crippen LogP contribution in [0.25, 0.3) is 0 Å². The van der Waals surface area contributed by atoms with Gasteiger partial charge in [-0.2, -0.15) is 0 Å². The van der Waals surface area contributed by atoms with Crippen molar-refractivity contribution in [2.24, 2.45) is 5.73 Å². The van der Waals surface area contributed by atoms with E-state index in [1.807, 2.05) is 30.3 Å². The van der Waals surface area contributed by atoms with Gasteiger partial charge in [0.05, 0.1) is 11.6 Å². The minimum Gasteiger partial charge on any atom is -0.344 e. The molecule has 5 heteroatoms. The van der Waals surface area contributed by atoms with Crippen molar-refractivity contribution in [3.63, 3.8) is 0 Å². The molecule has 18 heavy (non-hydrogen) atoms. The molecule has 2 rings (SSSR count). The Balaban J connectivity index is 2.10. The van der Waals surface area contributed by atoms with Crippen molar-refractivity contribution in [2.45, 2.75) is 6.04 Å². The van der Waals surface area contributed by atoms with Crippen LogP contribution in [0.5, 0.6) is 0 Å². The van der Waals surface area contributed by atoms with Crippen molar-refractivity contribution in [3.8, 4) is 0 Å². The molecule has 0 aliphatic carbocycles. The third-order valence-electron chi connectivity index (χ3n) is 2.57. The van der Waals surface area contributed by atoms with Crippen LogP contribution < -0.4 is 11.1 Å². The van der Waals surface area contributed by atoms with Crippen LogP contribution in [-0.4, -0.2) is 22.4 Å². The van der Waals surface area contributed by atoms with E-state index in [0.717, 1.165) is 5.56 Å². The summed E-state index contributed by atoms with van der Waals surface area (Å²) in [5.74, 6) is -0.227. The van der Waals surface area contributed by atoms with E-state index in [1.165, 1.54) is 18.7 Å². The minimum absolute atomic E-state index is 0.209. The summed E-state index contributed by atoms with van der Waals surface area (Å²) in [6.07, 6.45) is 4.33. The van der Waals surface area contributed by atoms with E-state index in [0.29, 0.717) is 12.1 Å². The fourth-order valence-electron chi connectivity index (χ4n) is 1.62. The number of nitrogens with one attached hydrogen (secondary N) is 1. The first-order valence-electron chi connectivity index (χ1n) is 5.62. The van der Waals surface area contributed by atoms with Crippen molar-refractivity contribution < 1.29 is 4.79 Å². The maximum absolute atomic E-state index is 11.9. The van der Waals surface area contributed by atoms with Gasteiger partial charge in [0, 0.05) is 18.9 Å². The van der Waals surface area contributed by atoms with Crippen LogP contribution in [0.4, 0.5) is 0 Å². The lowest BCUT2D eigenvalue weighted by atomic mass is 10.1. The molecule has 1 amide bonds. The second-order valence-electron chi connectivity index (χ2n) is 3.80. The number of hydrogen-bond donors (Lipinski definition) is 2. The van der Waals surface area contributed by atoms with Gasteiger partial charge in [0.2, 0.25) is 0 Å². The maximum Gasteiger partial charge on any atom is 0.254 e. The number of nitrogens with zero attached hydrogens (tertiary/aromatic N) is 2. The lowest BCUT2D eigenvalue weighted by Crippen LogP contribution is -2.33. The smallest absolute Gasteiger partial charge is 0.254 e. The van der Waals surface area contributed by atoms with Crippen LogP contribution in [0.1, 0.15) is 22.0 Å². The average Bonchev–Trinajstić information content (AvgIpc) is 2.46. The lowest BCUT2D eigenvalue weighted by molar-refractivity contribution is 0.0937. The quantitative estimate of drug-likeness (QED) is 0.835. The third kappa shape index (κ3) is 2.89. The van der Waals surface area contributed by atoms with Crippen LogP contribution in [-0.2, 0) is 0 Å². The second kappa shape index (κ2) is 5.88. The normalized spacial score (nSPS) is 11.8. The van der Waals surface area contributed by atoms with Gasteiger partial charge in [0.25, 0.3) is 5.91 Å². The van der Waals surface area contributed by atoms with E-state index in [1.54, 1.807) is 0 Å². The number of carbonyl (C=O) groups is 1. The molecule has 0 saturated carbocycles. The van der Waals surface area contributed by atoms with Gasteiger partial charge in [0.1, 0.15) is 6.33 Å². The summed E-state index contributed by atoms with van der Waals surface area (Å²) in [6.45, 7) is 0.337. The van der Waals surface area contributed by atoms with Gasteiger partial charge in [-0.3, -0.25) is 4.79 Å². The fraction of sp³-hybridized carbons (Fsp3) is 0.154. The number of nitrogens with two attached hydrogens (primary N) is 1. The standard InChI is InChI=1S/C13H14N4O/c14-6-12(10-4-2-1-3-5-10)17-13(18)11-7-15-9-16-8-11/h1-5,7-9,12H,6,14H2,(H,17,18). The highest BCUT2D eigenvalue weighted by Gasteiger charge is 2.14. The molecule has 0 radical (unpaired) electrons. The molecule has 5 nitrogen and oxygen atoms in total. The first kappa shape index (κ1) is 12.2. The molecule has 1 aromatic carbocycles. The van der Waals surface area contributed by atoms with Crippen LogP contribution in [0.3, 0.4) is 0 Å². The van der Waals surface area contributed by atoms with Crippen molar-refractivity contribution in [3.05, 3.63) is 60.2 Å². The first-order valence-corrected chi connectivity index (χ1v) is 5.62. The Morgan fingerprint density at radius 2 is 1.89 bits per heavy atom. The zero-order valence-corrected chi connectivity index (χ0v) is 9.78. The first-order chi connectivity index (χ1) is 8.81. The number of benzene rings is 1. The van der Waals surface area contributed by atoms with Gasteiger partial charge in [-0.1, -0.05) is 30.3 Å². The van der Waals surface area contributed by atoms with E-state index in [-0.39, 0.29) is 11.9 Å². The number of carbonyl (C=O) groups excluding carboxylic acids is 1. The maximum atomic E-state index is 11.9. The van der Waals surface area contributed by atoms with E-state index < -0.39 is 0 Å². The molecule has 0 saturated heterocycles. The SMILES string of the molecule is NCC(NC(=O)c1cncnc1)c1ccccc1. The minimum atomic E-state index is -0.227. The van der Waals surface area contributed by atoms with E-state index in [4.69, 9.17) is 5.73 Å². The highest BCUT2D eigenvalue weighted by Crippen LogP contribution is 2.11. The lowest BCUT2D eigenvalue weighted by Gasteiger charge is -2.16. The van der Waals surface area contributed by atoms with Gasteiger partial charge in [0.15, 0.2) is 0 Å². The summed E-state index contributed by atoms with van der Waals surface area (Å²) in [5, 5.41) is 2.86. The predicted molar refractivity (Wildman–Crippen MR) is 67.7 cm³/mol. The highest BCUT2D eigenvalue weighted by atomic mass is 16.1. The number of aromatic nitrogens is 2. The molecule has 0 spiro atoms. The predicted octanol–water partition coefficient (Wildman–Crippen LogP) is 0.906. The van der Waals surface area contributed by atoms with Crippen LogP contribution in [0.2, 0.25) is 0 Å². The van der Waals surface area contributed by atoms with Crippen molar-refractivity contribution >= 4 is 5.91 Å². The molecule has 0 aliphatic heterocycles. The molecule has 3 N–H and O–H groups in total.